The quantitative estimate of drug-likeness (QED) is 0.847. The van der Waals surface area contributed by atoms with Gasteiger partial charge >= 0.3 is 0 Å². The average Bonchev–Trinajstić information content (AvgIpc) is 2.68. The average molecular weight is 294 g/mol. The van der Waals surface area contributed by atoms with Crippen LogP contribution in [0.5, 0.6) is 0 Å². The smallest absolute Gasteiger partial charge is 0.290 e. The van der Waals surface area contributed by atoms with Gasteiger partial charge in [0.25, 0.3) is 6.47 Å². The molecule has 1 aromatic heterocycles. The molecular formula is C15H26N4O2. The van der Waals surface area contributed by atoms with E-state index >= 15 is 0 Å². The fourth-order valence-corrected chi connectivity index (χ4v) is 2.45. The lowest BCUT2D eigenvalue weighted by Crippen LogP contribution is -2.31. The molecule has 0 bridgehead atoms. The third kappa shape index (κ3) is 7.15. The van der Waals surface area contributed by atoms with Crippen LogP contribution in [-0.4, -0.2) is 64.1 Å². The van der Waals surface area contributed by atoms with Crippen LogP contribution in [0.2, 0.25) is 0 Å². The number of nitrogens with zero attached hydrogens (tertiary/aromatic N) is 4. The predicted molar refractivity (Wildman–Crippen MR) is 82.1 cm³/mol. The van der Waals surface area contributed by atoms with Crippen LogP contribution in [-0.2, 0) is 11.3 Å². The molecule has 0 aliphatic carbocycles. The lowest BCUT2D eigenvalue weighted by atomic mass is 10.3. The predicted octanol–water partition coefficient (Wildman–Crippen LogP) is 1.40. The van der Waals surface area contributed by atoms with Crippen molar-refractivity contribution in [1.82, 2.24) is 19.8 Å². The van der Waals surface area contributed by atoms with Gasteiger partial charge < -0.3 is 10.0 Å². The summed E-state index contributed by atoms with van der Waals surface area (Å²) in [5, 5.41) is 6.89. The van der Waals surface area contributed by atoms with E-state index in [2.05, 4.69) is 26.7 Å². The number of hydrogen-bond donors (Lipinski definition) is 1. The Morgan fingerprint density at radius 1 is 1.19 bits per heavy atom. The molecule has 0 atom stereocenters. The van der Waals surface area contributed by atoms with Gasteiger partial charge in [0.15, 0.2) is 0 Å². The molecule has 1 aliphatic heterocycles. The normalized spacial score (nSPS) is 16.7. The molecule has 0 aromatic carbocycles. The molecule has 0 saturated carbocycles. The Morgan fingerprint density at radius 3 is 2.48 bits per heavy atom. The van der Waals surface area contributed by atoms with Gasteiger partial charge in [0.2, 0.25) is 0 Å². The second kappa shape index (κ2) is 10.2. The van der Waals surface area contributed by atoms with E-state index in [1.54, 1.807) is 0 Å². The molecule has 1 fully saturated rings. The monoisotopic (exact) mass is 294 g/mol. The summed E-state index contributed by atoms with van der Waals surface area (Å²) in [6, 6.07) is 0. The molecule has 2 rings (SSSR count). The van der Waals surface area contributed by atoms with Crippen LogP contribution < -0.4 is 0 Å². The van der Waals surface area contributed by atoms with Gasteiger partial charge in [-0.15, -0.1) is 0 Å². The Kier molecular flexibility index (Phi) is 8.54. The van der Waals surface area contributed by atoms with Gasteiger partial charge in [-0.2, -0.15) is 0 Å². The molecule has 0 radical (unpaired) electrons. The van der Waals surface area contributed by atoms with Crippen molar-refractivity contribution in [3.05, 3.63) is 23.8 Å². The van der Waals surface area contributed by atoms with Crippen molar-refractivity contribution in [2.24, 2.45) is 0 Å². The minimum atomic E-state index is -0.250. The highest BCUT2D eigenvalue weighted by Gasteiger charge is 2.14. The maximum absolute atomic E-state index is 8.36. The molecule has 1 aromatic rings. The maximum atomic E-state index is 8.36. The molecule has 2 heterocycles. The number of hydrogen-bond acceptors (Lipinski definition) is 5. The number of carboxylic acid groups (broad SMARTS) is 1. The standard InChI is InChI=1S/C14H24N4.CH2O2/c1-3-5-17-6-4-7-18(9-8-17)12-14-11-15-13(2)10-16-14;2-1-3/h10-11H,3-9,12H2,1-2H3;1H,(H,2,3). The van der Waals surface area contributed by atoms with Gasteiger partial charge in [-0.1, -0.05) is 6.92 Å². The Morgan fingerprint density at radius 2 is 1.86 bits per heavy atom. The number of aromatic nitrogens is 2. The van der Waals surface area contributed by atoms with Crippen LogP contribution in [0.25, 0.3) is 0 Å². The summed E-state index contributed by atoms with van der Waals surface area (Å²) < 4.78 is 0. The second-order valence-corrected chi connectivity index (χ2v) is 5.23. The Labute approximate surface area is 126 Å². The molecule has 1 N–H and O–H groups in total. The van der Waals surface area contributed by atoms with E-state index in [0.717, 1.165) is 24.5 Å². The van der Waals surface area contributed by atoms with Gasteiger partial charge in [0.1, 0.15) is 0 Å². The highest BCUT2D eigenvalue weighted by molar-refractivity contribution is 5.32. The summed E-state index contributed by atoms with van der Waals surface area (Å²) in [4.78, 5) is 22.2. The van der Waals surface area contributed by atoms with Crippen LogP contribution >= 0.6 is 0 Å². The summed E-state index contributed by atoms with van der Waals surface area (Å²) in [6.45, 7) is 10.9. The Bertz CT molecular complexity index is 397. The fraction of sp³-hybridized carbons (Fsp3) is 0.667. The van der Waals surface area contributed by atoms with Crippen molar-refractivity contribution < 1.29 is 9.90 Å². The van der Waals surface area contributed by atoms with E-state index in [1.165, 1.54) is 39.0 Å². The van der Waals surface area contributed by atoms with E-state index in [4.69, 9.17) is 9.90 Å². The molecule has 21 heavy (non-hydrogen) atoms. The van der Waals surface area contributed by atoms with E-state index in [1.807, 2.05) is 19.3 Å². The topological polar surface area (TPSA) is 69.6 Å². The van der Waals surface area contributed by atoms with Gasteiger partial charge in [-0.05, 0) is 39.4 Å². The van der Waals surface area contributed by atoms with Crippen molar-refractivity contribution in [3.8, 4) is 0 Å². The van der Waals surface area contributed by atoms with Crippen molar-refractivity contribution in [1.29, 1.82) is 0 Å². The first-order valence-corrected chi connectivity index (χ1v) is 7.49. The molecule has 6 nitrogen and oxygen atoms in total. The molecule has 1 aliphatic rings. The van der Waals surface area contributed by atoms with Gasteiger partial charge in [-0.25, -0.2) is 0 Å². The molecule has 118 valence electrons. The molecule has 0 unspecified atom stereocenters. The zero-order chi connectivity index (χ0) is 15.5. The summed E-state index contributed by atoms with van der Waals surface area (Å²) in [5.74, 6) is 0. The molecule has 1 saturated heterocycles. The van der Waals surface area contributed by atoms with E-state index in [0.29, 0.717) is 0 Å². The highest BCUT2D eigenvalue weighted by atomic mass is 16.3. The maximum Gasteiger partial charge on any atom is 0.290 e. The lowest BCUT2D eigenvalue weighted by Gasteiger charge is -2.20. The van der Waals surface area contributed by atoms with E-state index < -0.39 is 0 Å². The van der Waals surface area contributed by atoms with Crippen LogP contribution in [0.3, 0.4) is 0 Å². The van der Waals surface area contributed by atoms with Crippen molar-refractivity contribution in [2.45, 2.75) is 33.2 Å². The summed E-state index contributed by atoms with van der Waals surface area (Å²) >= 11 is 0. The zero-order valence-electron chi connectivity index (χ0n) is 13.0. The summed E-state index contributed by atoms with van der Waals surface area (Å²) in [6.07, 6.45) is 6.28. The third-order valence-electron chi connectivity index (χ3n) is 3.44. The molecule has 6 heteroatoms. The molecular weight excluding hydrogens is 268 g/mol. The minimum absolute atomic E-state index is 0.250. The lowest BCUT2D eigenvalue weighted by molar-refractivity contribution is -0.122. The molecule has 0 spiro atoms. The van der Waals surface area contributed by atoms with Gasteiger partial charge in [0.05, 0.1) is 11.4 Å². The van der Waals surface area contributed by atoms with Gasteiger partial charge in [0, 0.05) is 32.0 Å². The Hall–Kier alpha value is -1.53. The zero-order valence-corrected chi connectivity index (χ0v) is 13.0. The van der Waals surface area contributed by atoms with Crippen LogP contribution in [0.15, 0.2) is 12.4 Å². The van der Waals surface area contributed by atoms with Crippen molar-refractivity contribution >= 4 is 6.47 Å². The van der Waals surface area contributed by atoms with E-state index in [-0.39, 0.29) is 6.47 Å². The molecule has 0 amide bonds. The van der Waals surface area contributed by atoms with Crippen molar-refractivity contribution in [2.75, 3.05) is 32.7 Å². The van der Waals surface area contributed by atoms with Crippen LogP contribution in [0, 0.1) is 6.92 Å². The van der Waals surface area contributed by atoms with Crippen LogP contribution in [0.4, 0.5) is 0 Å². The van der Waals surface area contributed by atoms with Crippen LogP contribution in [0.1, 0.15) is 31.2 Å². The minimum Gasteiger partial charge on any atom is -0.483 e. The first-order valence-electron chi connectivity index (χ1n) is 7.49. The number of aryl methyl sites for hydroxylation is 1. The highest BCUT2D eigenvalue weighted by Crippen LogP contribution is 2.07. The largest absolute Gasteiger partial charge is 0.483 e. The van der Waals surface area contributed by atoms with E-state index in [9.17, 15) is 0 Å². The fourth-order valence-electron chi connectivity index (χ4n) is 2.45. The number of carbonyl (C=O) groups is 1. The van der Waals surface area contributed by atoms with Crippen molar-refractivity contribution in [3.63, 3.8) is 0 Å². The first-order chi connectivity index (χ1) is 10.2. The third-order valence-corrected chi connectivity index (χ3v) is 3.44. The Balaban J connectivity index is 0.000000677. The summed E-state index contributed by atoms with van der Waals surface area (Å²) in [7, 11) is 0. The SMILES string of the molecule is CCCN1CCCN(Cc2cnc(C)cn2)CC1.O=CO. The number of rotatable bonds is 4. The summed E-state index contributed by atoms with van der Waals surface area (Å²) in [5.41, 5.74) is 2.08. The second-order valence-electron chi connectivity index (χ2n) is 5.23. The van der Waals surface area contributed by atoms with Gasteiger partial charge in [-0.3, -0.25) is 19.7 Å². The first kappa shape index (κ1) is 17.5.